The van der Waals surface area contributed by atoms with Gasteiger partial charge in [-0.1, -0.05) is 12.8 Å². The molecule has 0 aromatic rings. The Morgan fingerprint density at radius 2 is 2.18 bits per heavy atom. The summed E-state index contributed by atoms with van der Waals surface area (Å²) >= 11 is 0. The summed E-state index contributed by atoms with van der Waals surface area (Å²) in [6, 6.07) is 2.37. The van der Waals surface area contributed by atoms with E-state index in [0.29, 0.717) is 6.61 Å². The summed E-state index contributed by atoms with van der Waals surface area (Å²) in [5.74, 6) is 0.0171. The molecule has 0 aromatic carbocycles. The van der Waals surface area contributed by atoms with Gasteiger partial charge in [0, 0.05) is 12.6 Å². The molecular formula is C13H20N2O2. The van der Waals surface area contributed by atoms with E-state index in [2.05, 4.69) is 6.07 Å². The summed E-state index contributed by atoms with van der Waals surface area (Å²) in [6.45, 7) is 2.72. The predicted octanol–water partition coefficient (Wildman–Crippen LogP) is 1.85. The zero-order valence-electron chi connectivity index (χ0n) is 10.4. The number of nitriles is 1. The highest BCUT2D eigenvalue weighted by Crippen LogP contribution is 2.31. The van der Waals surface area contributed by atoms with Crippen molar-refractivity contribution in [3.63, 3.8) is 0 Å². The number of carbonyl (C=O) groups excluding carboxylic acids is 1. The molecule has 94 valence electrons. The third-order valence-electron chi connectivity index (χ3n) is 3.94. The first kappa shape index (κ1) is 12.4. The molecule has 1 aliphatic heterocycles. The predicted molar refractivity (Wildman–Crippen MR) is 63.2 cm³/mol. The molecule has 2 rings (SSSR count). The van der Waals surface area contributed by atoms with Crippen LogP contribution >= 0.6 is 0 Å². The van der Waals surface area contributed by atoms with Crippen molar-refractivity contribution in [3.8, 4) is 6.07 Å². The maximum absolute atomic E-state index is 12.5. The van der Waals surface area contributed by atoms with Crippen LogP contribution in [0.15, 0.2) is 0 Å². The van der Waals surface area contributed by atoms with Crippen LogP contribution in [0.4, 0.5) is 0 Å². The van der Waals surface area contributed by atoms with Gasteiger partial charge in [-0.05, 0) is 32.6 Å². The summed E-state index contributed by atoms with van der Waals surface area (Å²) < 4.78 is 5.59. The Hall–Kier alpha value is -1.08. The molecule has 0 spiro atoms. The summed E-state index contributed by atoms with van der Waals surface area (Å²) in [7, 11) is 0. The highest BCUT2D eigenvalue weighted by molar-refractivity contribution is 5.85. The van der Waals surface area contributed by atoms with Crippen molar-refractivity contribution in [3.05, 3.63) is 0 Å². The van der Waals surface area contributed by atoms with Gasteiger partial charge in [-0.2, -0.15) is 5.26 Å². The molecule has 1 aliphatic carbocycles. The fraction of sp³-hybridized carbons (Fsp3) is 0.846. The Balaban J connectivity index is 2.09. The van der Waals surface area contributed by atoms with Crippen LogP contribution in [0.25, 0.3) is 0 Å². The van der Waals surface area contributed by atoms with Crippen LogP contribution in [0.1, 0.15) is 45.4 Å². The first-order valence-corrected chi connectivity index (χ1v) is 6.49. The van der Waals surface area contributed by atoms with E-state index in [-0.39, 0.29) is 18.5 Å². The molecule has 1 heterocycles. The Kier molecular flexibility index (Phi) is 3.68. The molecule has 17 heavy (non-hydrogen) atoms. The van der Waals surface area contributed by atoms with Crippen molar-refractivity contribution < 1.29 is 9.53 Å². The van der Waals surface area contributed by atoms with E-state index in [1.54, 1.807) is 4.90 Å². The first-order chi connectivity index (χ1) is 8.17. The highest BCUT2D eigenvalue weighted by Gasteiger charge is 2.42. The largest absolute Gasteiger partial charge is 0.365 e. The van der Waals surface area contributed by atoms with Crippen molar-refractivity contribution >= 4 is 5.91 Å². The van der Waals surface area contributed by atoms with Crippen molar-refractivity contribution in [1.29, 1.82) is 5.26 Å². The molecule has 2 fully saturated rings. The van der Waals surface area contributed by atoms with Crippen molar-refractivity contribution in [2.24, 2.45) is 0 Å². The lowest BCUT2D eigenvalue weighted by Gasteiger charge is -2.33. The zero-order valence-corrected chi connectivity index (χ0v) is 10.4. The summed E-state index contributed by atoms with van der Waals surface area (Å²) in [6.07, 6.45) is 6.11. The van der Waals surface area contributed by atoms with E-state index in [1.807, 2.05) is 6.92 Å². The van der Waals surface area contributed by atoms with Gasteiger partial charge in [0.05, 0.1) is 6.07 Å². The molecule has 0 radical (unpaired) electrons. The van der Waals surface area contributed by atoms with E-state index >= 15 is 0 Å². The second kappa shape index (κ2) is 5.05. The minimum absolute atomic E-state index is 0.0171. The van der Waals surface area contributed by atoms with Crippen molar-refractivity contribution in [2.45, 2.75) is 57.1 Å². The Bertz CT molecular complexity index is 323. The molecule has 4 heteroatoms. The molecule has 0 aromatic heterocycles. The van der Waals surface area contributed by atoms with Crippen LogP contribution in [0.5, 0.6) is 0 Å². The minimum atomic E-state index is -0.681. The average molecular weight is 236 g/mol. The van der Waals surface area contributed by atoms with Gasteiger partial charge in [0.15, 0.2) is 0 Å². The van der Waals surface area contributed by atoms with Gasteiger partial charge in [-0.3, -0.25) is 4.79 Å². The molecule has 1 amide bonds. The van der Waals surface area contributed by atoms with E-state index in [0.717, 1.165) is 38.5 Å². The maximum atomic E-state index is 12.5. The van der Waals surface area contributed by atoms with Gasteiger partial charge in [-0.15, -0.1) is 0 Å². The number of nitrogens with zero attached hydrogens (tertiary/aromatic N) is 2. The lowest BCUT2D eigenvalue weighted by atomic mass is 9.99. The van der Waals surface area contributed by atoms with Crippen LogP contribution in [-0.4, -0.2) is 35.6 Å². The highest BCUT2D eigenvalue weighted by atomic mass is 16.5. The second-order valence-corrected chi connectivity index (χ2v) is 5.21. The topological polar surface area (TPSA) is 53.3 Å². The number of carbonyl (C=O) groups is 1. The molecule has 2 aliphatic rings. The average Bonchev–Trinajstić information content (AvgIpc) is 2.96. The van der Waals surface area contributed by atoms with E-state index in [1.165, 1.54) is 0 Å². The molecular weight excluding hydrogens is 216 g/mol. The van der Waals surface area contributed by atoms with E-state index in [9.17, 15) is 4.79 Å². The lowest BCUT2D eigenvalue weighted by Crippen LogP contribution is -2.50. The van der Waals surface area contributed by atoms with Crippen LogP contribution < -0.4 is 0 Å². The van der Waals surface area contributed by atoms with Crippen LogP contribution in [0.3, 0.4) is 0 Å². The van der Waals surface area contributed by atoms with Crippen molar-refractivity contribution in [1.82, 2.24) is 4.90 Å². The van der Waals surface area contributed by atoms with E-state index < -0.39 is 5.60 Å². The van der Waals surface area contributed by atoms with Crippen LogP contribution in [-0.2, 0) is 9.53 Å². The summed E-state index contributed by atoms with van der Waals surface area (Å²) in [5.41, 5.74) is -0.681. The Morgan fingerprint density at radius 1 is 1.47 bits per heavy atom. The fourth-order valence-corrected chi connectivity index (χ4v) is 2.91. The van der Waals surface area contributed by atoms with Gasteiger partial charge in [0.25, 0.3) is 5.91 Å². The van der Waals surface area contributed by atoms with Gasteiger partial charge < -0.3 is 9.64 Å². The van der Waals surface area contributed by atoms with Gasteiger partial charge in [-0.25, -0.2) is 0 Å². The third kappa shape index (κ3) is 2.44. The minimum Gasteiger partial charge on any atom is -0.365 e. The molecule has 1 unspecified atom stereocenters. The van der Waals surface area contributed by atoms with Gasteiger partial charge in [0.2, 0.25) is 0 Å². The number of rotatable bonds is 3. The number of amides is 1. The maximum Gasteiger partial charge on any atom is 0.255 e. The number of hydrogen-bond donors (Lipinski definition) is 0. The molecule has 1 saturated carbocycles. The molecule has 0 N–H and O–H groups in total. The van der Waals surface area contributed by atoms with Gasteiger partial charge in [0.1, 0.15) is 12.1 Å². The molecule has 0 bridgehead atoms. The SMILES string of the molecule is CC1(C(=O)N(CC#N)C2CCCC2)CCCO1. The van der Waals surface area contributed by atoms with E-state index in [4.69, 9.17) is 10.00 Å². The Morgan fingerprint density at radius 3 is 2.71 bits per heavy atom. The smallest absolute Gasteiger partial charge is 0.255 e. The normalized spacial score (nSPS) is 29.2. The monoisotopic (exact) mass is 236 g/mol. The van der Waals surface area contributed by atoms with Crippen molar-refractivity contribution in [2.75, 3.05) is 13.2 Å². The third-order valence-corrected chi connectivity index (χ3v) is 3.94. The standard InChI is InChI=1S/C13H20N2O2/c1-13(7-4-10-17-13)12(16)15(9-8-14)11-5-2-3-6-11/h11H,2-7,9-10H2,1H3. The quantitative estimate of drug-likeness (QED) is 0.703. The molecule has 1 atom stereocenters. The second-order valence-electron chi connectivity index (χ2n) is 5.21. The van der Waals surface area contributed by atoms with Gasteiger partial charge >= 0.3 is 0 Å². The van der Waals surface area contributed by atoms with Crippen LogP contribution in [0.2, 0.25) is 0 Å². The summed E-state index contributed by atoms with van der Waals surface area (Å²) in [4.78, 5) is 14.2. The first-order valence-electron chi connectivity index (χ1n) is 6.49. The number of hydrogen-bond acceptors (Lipinski definition) is 3. The summed E-state index contributed by atoms with van der Waals surface area (Å²) in [5, 5.41) is 8.89. The fourth-order valence-electron chi connectivity index (χ4n) is 2.91. The lowest BCUT2D eigenvalue weighted by molar-refractivity contribution is -0.152. The molecule has 1 saturated heterocycles. The number of ether oxygens (including phenoxy) is 1. The Labute approximate surface area is 103 Å². The van der Waals surface area contributed by atoms with Crippen LogP contribution in [0, 0.1) is 11.3 Å². The molecule has 4 nitrogen and oxygen atoms in total. The zero-order chi connectivity index (χ0) is 12.3.